The van der Waals surface area contributed by atoms with Crippen LogP contribution in [-0.2, 0) is 16.1 Å². The second kappa shape index (κ2) is 6.30. The zero-order valence-corrected chi connectivity index (χ0v) is 12.3. The lowest BCUT2D eigenvalue weighted by Crippen LogP contribution is -2.51. The van der Waals surface area contributed by atoms with Gasteiger partial charge in [0.15, 0.2) is 0 Å². The number of amides is 1. The Balaban J connectivity index is 1.73. The van der Waals surface area contributed by atoms with E-state index in [2.05, 4.69) is 9.97 Å². The molecule has 1 amide bonds. The molecule has 1 atom stereocenters. The summed E-state index contributed by atoms with van der Waals surface area (Å²) in [5.74, 6) is -0.343. The summed E-state index contributed by atoms with van der Waals surface area (Å²) in [6, 6.07) is 5.39. The maximum absolute atomic E-state index is 11.5. The average Bonchev–Trinajstić information content (AvgIpc) is 2.97. The fourth-order valence-corrected chi connectivity index (χ4v) is 3.19. The lowest BCUT2D eigenvalue weighted by molar-refractivity contribution is -0.129. The third kappa shape index (κ3) is 3.26. The number of pyridine rings is 1. The number of nitrogens with zero attached hydrogens (tertiary/aromatic N) is 3. The van der Waals surface area contributed by atoms with Crippen LogP contribution < -0.4 is 5.73 Å². The molecule has 1 aliphatic heterocycles. The summed E-state index contributed by atoms with van der Waals surface area (Å²) in [7, 11) is 0. The molecule has 1 saturated heterocycles. The Kier molecular flexibility index (Phi) is 4.23. The number of hydrogen-bond acceptors (Lipinski definition) is 6. The zero-order chi connectivity index (χ0) is 14.7. The molecular formula is C14H16N4O2S. The highest BCUT2D eigenvalue weighted by Crippen LogP contribution is 2.25. The van der Waals surface area contributed by atoms with Crippen LogP contribution in [0.3, 0.4) is 0 Å². The second-order valence-electron chi connectivity index (χ2n) is 4.81. The van der Waals surface area contributed by atoms with Crippen molar-refractivity contribution in [1.29, 1.82) is 0 Å². The Hall–Kier alpha value is -1.83. The molecule has 1 aliphatic rings. The summed E-state index contributed by atoms with van der Waals surface area (Å²) in [5, 5.41) is 0.884. The molecule has 7 heteroatoms. The zero-order valence-electron chi connectivity index (χ0n) is 11.4. The molecule has 0 bridgehead atoms. The Morgan fingerprint density at radius 1 is 1.48 bits per heavy atom. The predicted molar refractivity (Wildman–Crippen MR) is 79.6 cm³/mol. The van der Waals surface area contributed by atoms with Crippen LogP contribution >= 0.6 is 11.3 Å². The van der Waals surface area contributed by atoms with Gasteiger partial charge in [-0.3, -0.25) is 14.7 Å². The number of rotatable bonds is 4. The van der Waals surface area contributed by atoms with E-state index in [0.717, 1.165) is 15.6 Å². The number of carbonyl (C=O) groups excluding carboxylic acids is 1. The van der Waals surface area contributed by atoms with E-state index in [4.69, 9.17) is 10.5 Å². The first-order chi connectivity index (χ1) is 10.2. The van der Waals surface area contributed by atoms with E-state index >= 15 is 0 Å². The van der Waals surface area contributed by atoms with Gasteiger partial charge in [-0.1, -0.05) is 6.07 Å². The lowest BCUT2D eigenvalue weighted by Gasteiger charge is -2.32. The van der Waals surface area contributed by atoms with E-state index in [0.29, 0.717) is 26.3 Å². The third-order valence-electron chi connectivity index (χ3n) is 3.36. The molecule has 3 rings (SSSR count). The monoisotopic (exact) mass is 304 g/mol. The first-order valence-corrected chi connectivity index (χ1v) is 7.53. The van der Waals surface area contributed by atoms with Crippen LogP contribution in [0, 0.1) is 0 Å². The Bertz CT molecular complexity index is 616. The minimum Gasteiger partial charge on any atom is -0.378 e. The molecule has 2 aromatic heterocycles. The van der Waals surface area contributed by atoms with Gasteiger partial charge in [0, 0.05) is 30.4 Å². The largest absolute Gasteiger partial charge is 0.378 e. The van der Waals surface area contributed by atoms with Crippen molar-refractivity contribution in [3.63, 3.8) is 0 Å². The summed E-state index contributed by atoms with van der Waals surface area (Å²) in [4.78, 5) is 23.3. The number of morpholine rings is 1. The Labute approximate surface area is 126 Å². The molecular weight excluding hydrogens is 288 g/mol. The van der Waals surface area contributed by atoms with Gasteiger partial charge in [-0.05, 0) is 12.1 Å². The lowest BCUT2D eigenvalue weighted by atomic mass is 10.2. The highest BCUT2D eigenvalue weighted by atomic mass is 32.1. The highest BCUT2D eigenvalue weighted by molar-refractivity contribution is 7.14. The molecule has 6 nitrogen and oxygen atoms in total. The van der Waals surface area contributed by atoms with Gasteiger partial charge in [0.2, 0.25) is 5.91 Å². The normalized spacial score (nSPS) is 19.5. The Morgan fingerprint density at radius 2 is 2.38 bits per heavy atom. The predicted octanol–water partition coefficient (Wildman–Crippen LogP) is 0.891. The minimum absolute atomic E-state index is 0.343. The molecule has 0 spiro atoms. The topological polar surface area (TPSA) is 81.3 Å². The van der Waals surface area contributed by atoms with E-state index in [1.54, 1.807) is 17.5 Å². The van der Waals surface area contributed by atoms with Gasteiger partial charge in [-0.15, -0.1) is 11.3 Å². The first kappa shape index (κ1) is 14.1. The highest BCUT2D eigenvalue weighted by Gasteiger charge is 2.28. The molecule has 1 unspecified atom stereocenters. The summed E-state index contributed by atoms with van der Waals surface area (Å²) in [5.41, 5.74) is 6.29. The summed E-state index contributed by atoms with van der Waals surface area (Å²) < 4.78 is 5.32. The van der Waals surface area contributed by atoms with Crippen molar-refractivity contribution in [1.82, 2.24) is 14.9 Å². The van der Waals surface area contributed by atoms with Crippen LogP contribution in [0.5, 0.6) is 0 Å². The quantitative estimate of drug-likeness (QED) is 0.907. The van der Waals surface area contributed by atoms with Crippen molar-refractivity contribution in [3.05, 3.63) is 35.5 Å². The number of aromatic nitrogens is 2. The van der Waals surface area contributed by atoms with Gasteiger partial charge in [-0.2, -0.15) is 0 Å². The number of ether oxygens (including phenoxy) is 1. The number of nitrogens with two attached hydrogens (primary N) is 1. The summed E-state index contributed by atoms with van der Waals surface area (Å²) in [6.45, 7) is 2.34. The van der Waals surface area contributed by atoms with Crippen LogP contribution in [0.2, 0.25) is 0 Å². The van der Waals surface area contributed by atoms with Crippen LogP contribution in [0.15, 0.2) is 30.6 Å². The molecule has 0 radical (unpaired) electrons. The molecule has 1 fully saturated rings. The molecule has 3 heterocycles. The van der Waals surface area contributed by atoms with Gasteiger partial charge >= 0.3 is 0 Å². The van der Waals surface area contributed by atoms with E-state index in [1.165, 1.54) is 0 Å². The third-order valence-corrected chi connectivity index (χ3v) is 4.37. The summed E-state index contributed by atoms with van der Waals surface area (Å²) >= 11 is 1.59. The van der Waals surface area contributed by atoms with Crippen molar-refractivity contribution in [3.8, 4) is 10.7 Å². The van der Waals surface area contributed by atoms with E-state index in [1.807, 2.05) is 29.3 Å². The van der Waals surface area contributed by atoms with Crippen LogP contribution in [0.1, 0.15) is 4.88 Å². The van der Waals surface area contributed by atoms with Crippen molar-refractivity contribution in [2.24, 2.45) is 5.73 Å². The standard InChI is InChI=1S/C14H16N4O2S/c15-13(19)12-9-20-6-5-18(12)8-10-7-17-14(21-10)11-3-1-2-4-16-11/h1-4,7,12H,5-6,8-9H2,(H2,15,19). The fraction of sp³-hybridized carbons (Fsp3) is 0.357. The van der Waals surface area contributed by atoms with E-state index in [-0.39, 0.29) is 11.9 Å². The van der Waals surface area contributed by atoms with E-state index in [9.17, 15) is 4.79 Å². The van der Waals surface area contributed by atoms with Crippen molar-refractivity contribution in [2.75, 3.05) is 19.8 Å². The van der Waals surface area contributed by atoms with Crippen LogP contribution in [-0.4, -0.2) is 46.6 Å². The average molecular weight is 304 g/mol. The van der Waals surface area contributed by atoms with Crippen LogP contribution in [0.25, 0.3) is 10.7 Å². The number of thiazole rings is 1. The van der Waals surface area contributed by atoms with Gasteiger partial charge in [0.05, 0.1) is 18.9 Å². The minimum atomic E-state index is -0.362. The second-order valence-corrected chi connectivity index (χ2v) is 5.93. The molecule has 2 aromatic rings. The van der Waals surface area contributed by atoms with Crippen molar-refractivity contribution < 1.29 is 9.53 Å². The van der Waals surface area contributed by atoms with Gasteiger partial charge < -0.3 is 10.5 Å². The summed E-state index contributed by atoms with van der Waals surface area (Å²) in [6.07, 6.45) is 3.59. The van der Waals surface area contributed by atoms with Crippen LogP contribution in [0.4, 0.5) is 0 Å². The molecule has 0 aromatic carbocycles. The van der Waals surface area contributed by atoms with Crippen molar-refractivity contribution >= 4 is 17.2 Å². The first-order valence-electron chi connectivity index (χ1n) is 6.71. The van der Waals surface area contributed by atoms with E-state index < -0.39 is 0 Å². The Morgan fingerprint density at radius 3 is 3.14 bits per heavy atom. The van der Waals surface area contributed by atoms with Gasteiger partial charge in [-0.25, -0.2) is 4.98 Å². The molecule has 0 saturated carbocycles. The van der Waals surface area contributed by atoms with Gasteiger partial charge in [0.25, 0.3) is 0 Å². The molecule has 0 aliphatic carbocycles. The number of carbonyl (C=O) groups is 1. The molecule has 110 valence electrons. The number of hydrogen-bond donors (Lipinski definition) is 1. The van der Waals surface area contributed by atoms with Gasteiger partial charge in [0.1, 0.15) is 11.0 Å². The smallest absolute Gasteiger partial charge is 0.237 e. The number of primary amides is 1. The SMILES string of the molecule is NC(=O)C1COCCN1Cc1cnc(-c2ccccn2)s1. The molecule has 21 heavy (non-hydrogen) atoms. The molecule has 2 N–H and O–H groups in total. The van der Waals surface area contributed by atoms with Crippen molar-refractivity contribution in [2.45, 2.75) is 12.6 Å². The maximum atomic E-state index is 11.5. The fourth-order valence-electron chi connectivity index (χ4n) is 2.28. The maximum Gasteiger partial charge on any atom is 0.237 e.